The summed E-state index contributed by atoms with van der Waals surface area (Å²) in [7, 11) is 0. The van der Waals surface area contributed by atoms with Crippen molar-refractivity contribution in [3.8, 4) is 0 Å². The van der Waals surface area contributed by atoms with Crippen LogP contribution in [0.2, 0.25) is 0 Å². The molecule has 0 aromatic heterocycles. The van der Waals surface area contributed by atoms with E-state index in [4.69, 9.17) is 0 Å². The molecule has 25 heavy (non-hydrogen) atoms. The second-order valence-electron chi connectivity index (χ2n) is 7.50. The van der Waals surface area contributed by atoms with Crippen molar-refractivity contribution in [1.29, 1.82) is 0 Å². The fourth-order valence-corrected chi connectivity index (χ4v) is 3.29. The minimum Gasteiger partial charge on any atom is -0.329 e. The van der Waals surface area contributed by atoms with Crippen LogP contribution >= 0.6 is 0 Å². The summed E-state index contributed by atoms with van der Waals surface area (Å²) < 4.78 is 0. The van der Waals surface area contributed by atoms with Gasteiger partial charge in [-0.25, -0.2) is 4.79 Å². The zero-order valence-electron chi connectivity index (χ0n) is 15.9. The van der Waals surface area contributed by atoms with Gasteiger partial charge in [0.2, 0.25) is 0 Å². The van der Waals surface area contributed by atoms with Gasteiger partial charge in [-0.05, 0) is 50.8 Å². The Hall–Kier alpha value is -2.10. The SMILES string of the molecule is C=C(C)c1cccc(C(C)(C)NC(=O)N2CCC(C(=O)CC)CC2)c1. The normalized spacial score (nSPS) is 15.8. The van der Waals surface area contributed by atoms with Gasteiger partial charge in [0, 0.05) is 25.4 Å². The molecule has 2 amide bonds. The molecule has 4 nitrogen and oxygen atoms in total. The highest BCUT2D eigenvalue weighted by Gasteiger charge is 2.30. The van der Waals surface area contributed by atoms with E-state index < -0.39 is 5.54 Å². The molecule has 2 rings (SSSR count). The molecular formula is C21H30N2O2. The van der Waals surface area contributed by atoms with Gasteiger partial charge in [-0.1, -0.05) is 37.3 Å². The standard InChI is InChI=1S/C21H30N2O2/c1-6-19(24)16-10-12-23(13-11-16)20(25)22-21(4,5)18-9-7-8-17(14-18)15(2)3/h7-9,14,16H,2,6,10-13H2,1,3-5H3,(H,22,25). The number of nitrogens with one attached hydrogen (secondary N) is 1. The fourth-order valence-electron chi connectivity index (χ4n) is 3.29. The summed E-state index contributed by atoms with van der Waals surface area (Å²) in [6.07, 6.45) is 2.13. The first-order valence-corrected chi connectivity index (χ1v) is 9.11. The lowest BCUT2D eigenvalue weighted by molar-refractivity contribution is -0.123. The molecule has 1 aliphatic rings. The first-order valence-electron chi connectivity index (χ1n) is 9.11. The first kappa shape index (κ1) is 19.2. The Morgan fingerprint density at radius 1 is 1.28 bits per heavy atom. The maximum Gasteiger partial charge on any atom is 0.318 e. The molecule has 136 valence electrons. The van der Waals surface area contributed by atoms with Crippen LogP contribution in [0.1, 0.15) is 58.1 Å². The monoisotopic (exact) mass is 342 g/mol. The third-order valence-electron chi connectivity index (χ3n) is 5.08. The average molecular weight is 342 g/mol. The Kier molecular flexibility index (Phi) is 6.04. The summed E-state index contributed by atoms with van der Waals surface area (Å²) in [6, 6.07) is 8.07. The number of benzene rings is 1. The number of rotatable bonds is 5. The highest BCUT2D eigenvalue weighted by Crippen LogP contribution is 2.25. The molecule has 1 N–H and O–H groups in total. The van der Waals surface area contributed by atoms with Crippen LogP contribution in [0.5, 0.6) is 0 Å². The van der Waals surface area contributed by atoms with E-state index in [1.54, 1.807) is 0 Å². The van der Waals surface area contributed by atoms with E-state index in [9.17, 15) is 9.59 Å². The maximum absolute atomic E-state index is 12.7. The van der Waals surface area contributed by atoms with Crippen molar-refractivity contribution >= 4 is 17.4 Å². The summed E-state index contributed by atoms with van der Waals surface area (Å²) in [6.45, 7) is 13.2. The van der Waals surface area contributed by atoms with E-state index in [1.807, 2.05) is 50.8 Å². The Balaban J connectivity index is 2.01. The van der Waals surface area contributed by atoms with Gasteiger partial charge < -0.3 is 10.2 Å². The molecule has 1 aromatic rings. The second-order valence-corrected chi connectivity index (χ2v) is 7.50. The smallest absolute Gasteiger partial charge is 0.318 e. The van der Waals surface area contributed by atoms with Crippen molar-refractivity contribution < 1.29 is 9.59 Å². The molecule has 0 bridgehead atoms. The molecule has 1 heterocycles. The van der Waals surface area contributed by atoms with Crippen LogP contribution in [-0.4, -0.2) is 29.8 Å². The number of hydrogen-bond acceptors (Lipinski definition) is 2. The zero-order chi connectivity index (χ0) is 18.6. The Morgan fingerprint density at radius 2 is 1.92 bits per heavy atom. The number of nitrogens with zero attached hydrogens (tertiary/aromatic N) is 1. The van der Waals surface area contributed by atoms with Crippen molar-refractivity contribution in [3.05, 3.63) is 42.0 Å². The predicted octanol–water partition coefficient (Wildman–Crippen LogP) is 4.36. The zero-order valence-corrected chi connectivity index (χ0v) is 15.9. The maximum atomic E-state index is 12.7. The molecule has 1 aliphatic heterocycles. The van der Waals surface area contributed by atoms with Gasteiger partial charge in [0.25, 0.3) is 0 Å². The molecule has 0 atom stereocenters. The third kappa shape index (κ3) is 4.71. The van der Waals surface area contributed by atoms with Crippen LogP contribution < -0.4 is 5.32 Å². The predicted molar refractivity (Wildman–Crippen MR) is 102 cm³/mol. The number of carbonyl (C=O) groups excluding carboxylic acids is 2. The van der Waals surface area contributed by atoms with Gasteiger partial charge in [0.1, 0.15) is 5.78 Å². The molecule has 0 spiro atoms. The van der Waals surface area contributed by atoms with Crippen LogP contribution in [0.4, 0.5) is 4.79 Å². The number of amides is 2. The highest BCUT2D eigenvalue weighted by molar-refractivity contribution is 5.81. The van der Waals surface area contributed by atoms with Crippen LogP contribution in [-0.2, 0) is 10.3 Å². The van der Waals surface area contributed by atoms with E-state index in [0.29, 0.717) is 25.3 Å². The van der Waals surface area contributed by atoms with Crippen LogP contribution in [0, 0.1) is 5.92 Å². The lowest BCUT2D eigenvalue weighted by Crippen LogP contribution is -2.51. The third-order valence-corrected chi connectivity index (χ3v) is 5.08. The van der Waals surface area contributed by atoms with Crippen molar-refractivity contribution in [2.24, 2.45) is 5.92 Å². The van der Waals surface area contributed by atoms with E-state index in [2.05, 4.69) is 18.0 Å². The highest BCUT2D eigenvalue weighted by atomic mass is 16.2. The molecule has 0 aliphatic carbocycles. The summed E-state index contributed by atoms with van der Waals surface area (Å²) >= 11 is 0. The number of carbonyl (C=O) groups is 2. The van der Waals surface area contributed by atoms with Crippen molar-refractivity contribution in [2.75, 3.05) is 13.1 Å². The molecule has 4 heteroatoms. The first-order chi connectivity index (χ1) is 11.7. The lowest BCUT2D eigenvalue weighted by atomic mass is 9.90. The van der Waals surface area contributed by atoms with Crippen LogP contribution in [0.3, 0.4) is 0 Å². The van der Waals surface area contributed by atoms with Gasteiger partial charge >= 0.3 is 6.03 Å². The van der Waals surface area contributed by atoms with E-state index in [-0.39, 0.29) is 11.9 Å². The summed E-state index contributed by atoms with van der Waals surface area (Å²) in [4.78, 5) is 26.3. The fraction of sp³-hybridized carbons (Fsp3) is 0.524. The van der Waals surface area contributed by atoms with Gasteiger partial charge in [-0.15, -0.1) is 0 Å². The summed E-state index contributed by atoms with van der Waals surface area (Å²) in [5.74, 6) is 0.436. The summed E-state index contributed by atoms with van der Waals surface area (Å²) in [5.41, 5.74) is 2.67. The number of hydrogen-bond donors (Lipinski definition) is 1. The molecule has 1 saturated heterocycles. The quantitative estimate of drug-likeness (QED) is 0.864. The second kappa shape index (κ2) is 7.85. The number of ketones is 1. The average Bonchev–Trinajstić information content (AvgIpc) is 2.60. The van der Waals surface area contributed by atoms with Crippen molar-refractivity contribution in [1.82, 2.24) is 10.2 Å². The Morgan fingerprint density at radius 3 is 2.48 bits per heavy atom. The van der Waals surface area contributed by atoms with E-state index in [1.165, 1.54) is 0 Å². The Bertz CT molecular complexity index is 656. The minimum atomic E-state index is -0.474. The van der Waals surface area contributed by atoms with Gasteiger partial charge in [0.05, 0.1) is 5.54 Å². The molecular weight excluding hydrogens is 312 g/mol. The molecule has 1 aromatic carbocycles. The summed E-state index contributed by atoms with van der Waals surface area (Å²) in [5, 5.41) is 3.14. The number of likely N-dealkylation sites (tertiary alicyclic amines) is 1. The topological polar surface area (TPSA) is 49.4 Å². The van der Waals surface area contributed by atoms with Crippen LogP contribution in [0.15, 0.2) is 30.8 Å². The largest absolute Gasteiger partial charge is 0.329 e. The van der Waals surface area contributed by atoms with Crippen molar-refractivity contribution in [3.63, 3.8) is 0 Å². The molecule has 0 radical (unpaired) electrons. The van der Waals surface area contributed by atoms with Gasteiger partial charge in [-0.3, -0.25) is 4.79 Å². The molecule has 0 saturated carbocycles. The molecule has 0 unspecified atom stereocenters. The Labute approximate surface area is 151 Å². The van der Waals surface area contributed by atoms with Crippen LogP contribution in [0.25, 0.3) is 5.57 Å². The number of urea groups is 1. The van der Waals surface area contributed by atoms with E-state index >= 15 is 0 Å². The van der Waals surface area contributed by atoms with Crippen molar-refractivity contribution in [2.45, 2.75) is 52.5 Å². The van der Waals surface area contributed by atoms with Gasteiger partial charge in [0.15, 0.2) is 0 Å². The lowest BCUT2D eigenvalue weighted by Gasteiger charge is -2.35. The molecule has 1 fully saturated rings. The van der Waals surface area contributed by atoms with Gasteiger partial charge in [-0.2, -0.15) is 0 Å². The number of allylic oxidation sites excluding steroid dienone is 1. The number of piperidine rings is 1. The number of Topliss-reactive ketones (excluding diaryl/α,β-unsaturated/α-hetero) is 1. The van der Waals surface area contributed by atoms with E-state index in [0.717, 1.165) is 29.5 Å². The minimum absolute atomic E-state index is 0.0619.